The number of benzene rings is 2. The standard InChI is InChI=1S/C25H24F3NO3S/c1-16(22-8-9-23(33-22)18-2-5-20(6-3-18)25(26,27)28)29-12-10-17-4-7-21(32-15-24(30)31)14-19(17)11-13-29/h2-9,14,16H,10-13,15H2,1H3,(H,30,31). The number of ether oxygens (including phenoxy) is 1. The Morgan fingerprint density at radius 3 is 2.42 bits per heavy atom. The zero-order valence-electron chi connectivity index (χ0n) is 18.1. The van der Waals surface area contributed by atoms with Gasteiger partial charge in [0.05, 0.1) is 5.56 Å². The molecule has 174 valence electrons. The molecule has 1 unspecified atom stereocenters. The molecule has 2 aromatic carbocycles. The highest BCUT2D eigenvalue weighted by Gasteiger charge is 2.30. The summed E-state index contributed by atoms with van der Waals surface area (Å²) in [5, 5.41) is 8.81. The van der Waals surface area contributed by atoms with Gasteiger partial charge in [-0.25, -0.2) is 4.79 Å². The van der Waals surface area contributed by atoms with Crippen molar-refractivity contribution in [3.05, 3.63) is 76.2 Å². The quantitative estimate of drug-likeness (QED) is 0.471. The van der Waals surface area contributed by atoms with Crippen LogP contribution in [0.15, 0.2) is 54.6 Å². The first-order chi connectivity index (χ1) is 15.7. The Morgan fingerprint density at radius 2 is 1.76 bits per heavy atom. The summed E-state index contributed by atoms with van der Waals surface area (Å²) in [6.07, 6.45) is -2.61. The second-order valence-electron chi connectivity index (χ2n) is 8.10. The number of rotatable bonds is 6. The lowest BCUT2D eigenvalue weighted by molar-refractivity contribution is -0.139. The van der Waals surface area contributed by atoms with Crippen LogP contribution in [-0.2, 0) is 23.8 Å². The zero-order valence-corrected chi connectivity index (χ0v) is 18.9. The highest BCUT2D eigenvalue weighted by Crippen LogP contribution is 2.36. The number of carboxylic acids is 1. The predicted molar refractivity (Wildman–Crippen MR) is 122 cm³/mol. The van der Waals surface area contributed by atoms with Crippen LogP contribution in [0, 0.1) is 0 Å². The van der Waals surface area contributed by atoms with Gasteiger partial charge in [-0.05, 0) is 72.9 Å². The highest BCUT2D eigenvalue weighted by molar-refractivity contribution is 7.15. The minimum atomic E-state index is -4.33. The van der Waals surface area contributed by atoms with Gasteiger partial charge < -0.3 is 9.84 Å². The topological polar surface area (TPSA) is 49.8 Å². The molecule has 3 aromatic rings. The Balaban J connectivity index is 1.43. The van der Waals surface area contributed by atoms with E-state index in [2.05, 4.69) is 17.9 Å². The summed E-state index contributed by atoms with van der Waals surface area (Å²) < 4.78 is 43.8. The van der Waals surface area contributed by atoms with Gasteiger partial charge >= 0.3 is 12.1 Å². The normalized spacial score (nSPS) is 15.5. The molecule has 1 aromatic heterocycles. The fraction of sp³-hybridized carbons (Fsp3) is 0.320. The number of hydrogen-bond donors (Lipinski definition) is 1. The van der Waals surface area contributed by atoms with E-state index in [1.54, 1.807) is 11.3 Å². The molecule has 8 heteroatoms. The van der Waals surface area contributed by atoms with E-state index in [1.165, 1.54) is 28.1 Å². The van der Waals surface area contributed by atoms with Gasteiger partial charge in [0.1, 0.15) is 5.75 Å². The molecular formula is C25H24F3NO3S. The minimum Gasteiger partial charge on any atom is -0.482 e. The van der Waals surface area contributed by atoms with E-state index in [1.807, 2.05) is 24.3 Å². The summed E-state index contributed by atoms with van der Waals surface area (Å²) in [6.45, 7) is 3.53. The number of alkyl halides is 3. The lowest BCUT2D eigenvalue weighted by atomic mass is 10.0. The van der Waals surface area contributed by atoms with E-state index >= 15 is 0 Å². The number of halogens is 3. The maximum absolute atomic E-state index is 12.8. The average Bonchev–Trinajstić information content (AvgIpc) is 3.18. The molecule has 33 heavy (non-hydrogen) atoms. The average molecular weight is 476 g/mol. The molecule has 0 aliphatic carbocycles. The Kier molecular flexibility index (Phi) is 6.76. The summed E-state index contributed by atoms with van der Waals surface area (Å²) in [5.41, 5.74) is 2.55. The van der Waals surface area contributed by atoms with Crippen LogP contribution in [0.1, 0.15) is 34.5 Å². The maximum Gasteiger partial charge on any atom is 0.416 e. The minimum absolute atomic E-state index is 0.176. The van der Waals surface area contributed by atoms with Crippen molar-refractivity contribution in [1.82, 2.24) is 4.90 Å². The van der Waals surface area contributed by atoms with Crippen LogP contribution in [0.3, 0.4) is 0 Å². The number of aliphatic carboxylic acids is 1. The number of carboxylic acid groups (broad SMARTS) is 1. The van der Waals surface area contributed by atoms with Crippen LogP contribution in [-0.4, -0.2) is 35.7 Å². The SMILES string of the molecule is CC(c1ccc(-c2ccc(C(F)(F)F)cc2)s1)N1CCc2ccc(OCC(=O)O)cc2CC1. The zero-order chi connectivity index (χ0) is 23.6. The van der Waals surface area contributed by atoms with E-state index < -0.39 is 17.7 Å². The van der Waals surface area contributed by atoms with Crippen molar-refractivity contribution in [3.63, 3.8) is 0 Å². The van der Waals surface area contributed by atoms with Crippen molar-refractivity contribution in [2.75, 3.05) is 19.7 Å². The molecule has 1 N–H and O–H groups in total. The molecule has 0 amide bonds. The van der Waals surface area contributed by atoms with Crippen molar-refractivity contribution in [2.24, 2.45) is 0 Å². The summed E-state index contributed by atoms with van der Waals surface area (Å²) >= 11 is 1.60. The molecule has 0 saturated heterocycles. The van der Waals surface area contributed by atoms with Crippen LogP contribution in [0.5, 0.6) is 5.75 Å². The van der Waals surface area contributed by atoms with Crippen LogP contribution in [0.2, 0.25) is 0 Å². The molecule has 0 radical (unpaired) electrons. The first-order valence-electron chi connectivity index (χ1n) is 10.7. The lowest BCUT2D eigenvalue weighted by Gasteiger charge is -2.26. The fourth-order valence-corrected chi connectivity index (χ4v) is 5.18. The van der Waals surface area contributed by atoms with Crippen molar-refractivity contribution in [2.45, 2.75) is 32.0 Å². The van der Waals surface area contributed by atoms with Crippen molar-refractivity contribution >= 4 is 17.3 Å². The molecule has 4 rings (SSSR count). The highest BCUT2D eigenvalue weighted by atomic mass is 32.1. The molecule has 0 spiro atoms. The third-order valence-corrected chi connectivity index (χ3v) is 7.26. The molecule has 2 heterocycles. The lowest BCUT2D eigenvalue weighted by Crippen LogP contribution is -2.29. The molecule has 1 aliphatic heterocycles. The number of hydrogen-bond acceptors (Lipinski definition) is 4. The third-order valence-electron chi connectivity index (χ3n) is 5.96. The second kappa shape index (κ2) is 9.57. The summed E-state index contributed by atoms with van der Waals surface area (Å²) in [5.74, 6) is -0.436. The van der Waals surface area contributed by atoms with Gasteiger partial charge in [-0.15, -0.1) is 11.3 Å². The van der Waals surface area contributed by atoms with Gasteiger partial charge in [0, 0.05) is 28.9 Å². The van der Waals surface area contributed by atoms with Crippen molar-refractivity contribution in [3.8, 4) is 16.2 Å². The number of fused-ring (bicyclic) bond motifs is 1. The van der Waals surface area contributed by atoms with E-state index in [0.29, 0.717) is 5.75 Å². The molecule has 0 saturated carbocycles. The Bertz CT molecular complexity index is 1120. The molecule has 1 aliphatic rings. The van der Waals surface area contributed by atoms with Gasteiger partial charge in [-0.2, -0.15) is 13.2 Å². The van der Waals surface area contributed by atoms with Gasteiger partial charge in [-0.1, -0.05) is 18.2 Å². The smallest absolute Gasteiger partial charge is 0.416 e. The molecule has 4 nitrogen and oxygen atoms in total. The molecular weight excluding hydrogens is 451 g/mol. The first kappa shape index (κ1) is 23.3. The first-order valence-corrected chi connectivity index (χ1v) is 11.5. The van der Waals surface area contributed by atoms with Crippen LogP contribution in [0.25, 0.3) is 10.4 Å². The Hall–Kier alpha value is -2.84. The molecule has 1 atom stereocenters. The Labute approximate surface area is 194 Å². The number of nitrogens with zero attached hydrogens (tertiary/aromatic N) is 1. The van der Waals surface area contributed by atoms with Gasteiger partial charge in [0.2, 0.25) is 0 Å². The summed E-state index contributed by atoms with van der Waals surface area (Å²) in [6, 6.07) is 15.2. The summed E-state index contributed by atoms with van der Waals surface area (Å²) in [4.78, 5) is 15.3. The van der Waals surface area contributed by atoms with E-state index in [0.717, 1.165) is 48.5 Å². The van der Waals surface area contributed by atoms with E-state index in [9.17, 15) is 18.0 Å². The van der Waals surface area contributed by atoms with Gasteiger partial charge in [0.25, 0.3) is 0 Å². The van der Waals surface area contributed by atoms with Gasteiger partial charge in [0.15, 0.2) is 6.61 Å². The van der Waals surface area contributed by atoms with Crippen molar-refractivity contribution < 1.29 is 27.8 Å². The monoisotopic (exact) mass is 475 g/mol. The number of carbonyl (C=O) groups is 1. The predicted octanol–water partition coefficient (Wildman–Crippen LogP) is 6.06. The fourth-order valence-electron chi connectivity index (χ4n) is 4.08. The second-order valence-corrected chi connectivity index (χ2v) is 9.22. The van der Waals surface area contributed by atoms with Gasteiger partial charge in [-0.3, -0.25) is 4.90 Å². The number of thiophene rings is 1. The summed E-state index contributed by atoms with van der Waals surface area (Å²) in [7, 11) is 0. The molecule has 0 fully saturated rings. The largest absolute Gasteiger partial charge is 0.482 e. The van der Waals surface area contributed by atoms with Crippen LogP contribution < -0.4 is 4.74 Å². The van der Waals surface area contributed by atoms with E-state index in [4.69, 9.17) is 9.84 Å². The third kappa shape index (κ3) is 5.57. The van der Waals surface area contributed by atoms with Crippen molar-refractivity contribution in [1.29, 1.82) is 0 Å². The van der Waals surface area contributed by atoms with E-state index in [-0.39, 0.29) is 12.6 Å². The maximum atomic E-state index is 12.8. The molecule has 0 bridgehead atoms. The van der Waals surface area contributed by atoms with Crippen LogP contribution in [0.4, 0.5) is 13.2 Å². The van der Waals surface area contributed by atoms with Crippen LogP contribution >= 0.6 is 11.3 Å². The Morgan fingerprint density at radius 1 is 1.06 bits per heavy atom.